The van der Waals surface area contributed by atoms with Crippen molar-refractivity contribution in [1.29, 1.82) is 5.26 Å². The molecule has 1 saturated heterocycles. The number of nitrogens with zero attached hydrogens (tertiary/aromatic N) is 4. The lowest BCUT2D eigenvalue weighted by Crippen LogP contribution is -2.54. The second-order valence-corrected chi connectivity index (χ2v) is 9.32. The Kier molecular flexibility index (Phi) is 6.81. The van der Waals surface area contributed by atoms with Gasteiger partial charge in [0.2, 0.25) is 0 Å². The van der Waals surface area contributed by atoms with Gasteiger partial charge >= 0.3 is 6.18 Å². The maximum absolute atomic E-state index is 13.0. The summed E-state index contributed by atoms with van der Waals surface area (Å²) >= 11 is 0. The van der Waals surface area contributed by atoms with Gasteiger partial charge in [-0.1, -0.05) is 26.0 Å². The molecule has 1 fully saturated rings. The Morgan fingerprint density at radius 3 is 2.42 bits per heavy atom. The van der Waals surface area contributed by atoms with Crippen molar-refractivity contribution in [1.82, 2.24) is 9.88 Å². The first-order valence-electron chi connectivity index (χ1n) is 11.7. The zero-order valence-corrected chi connectivity index (χ0v) is 20.6. The number of hydrogen-bond donors (Lipinski definition) is 0. The van der Waals surface area contributed by atoms with Crippen LogP contribution in [0.25, 0.3) is 11.1 Å². The highest BCUT2D eigenvalue weighted by molar-refractivity contribution is 5.95. The number of carbonyl (C=O) groups is 1. The highest BCUT2D eigenvalue weighted by atomic mass is 19.4. The van der Waals surface area contributed by atoms with E-state index in [4.69, 9.17) is 9.40 Å². The predicted octanol–water partition coefficient (Wildman–Crippen LogP) is 6.01. The monoisotopic (exact) mass is 496 g/mol. The quantitative estimate of drug-likeness (QED) is 0.442. The summed E-state index contributed by atoms with van der Waals surface area (Å²) in [5.74, 6) is 0.972. The first-order chi connectivity index (χ1) is 17.0. The Morgan fingerprint density at radius 1 is 1.19 bits per heavy atom. The van der Waals surface area contributed by atoms with Gasteiger partial charge in [0.25, 0.3) is 5.91 Å². The Balaban J connectivity index is 1.65. The summed E-state index contributed by atoms with van der Waals surface area (Å²) in [5, 5.41) is 9.92. The van der Waals surface area contributed by atoms with Crippen LogP contribution in [0.15, 0.2) is 47.1 Å². The van der Waals surface area contributed by atoms with Crippen LogP contribution in [0.5, 0.6) is 0 Å². The lowest BCUT2D eigenvalue weighted by molar-refractivity contribution is -0.137. The van der Waals surface area contributed by atoms with E-state index in [9.17, 15) is 23.2 Å². The number of pyridine rings is 1. The zero-order chi connectivity index (χ0) is 26.2. The average molecular weight is 497 g/mol. The van der Waals surface area contributed by atoms with Gasteiger partial charge in [0.15, 0.2) is 0 Å². The van der Waals surface area contributed by atoms with Gasteiger partial charge < -0.3 is 14.2 Å². The van der Waals surface area contributed by atoms with E-state index in [1.54, 1.807) is 24.0 Å². The van der Waals surface area contributed by atoms with Gasteiger partial charge in [-0.2, -0.15) is 18.4 Å². The van der Waals surface area contributed by atoms with Crippen LogP contribution in [0.4, 0.5) is 19.0 Å². The minimum atomic E-state index is -4.42. The fourth-order valence-corrected chi connectivity index (χ4v) is 4.56. The summed E-state index contributed by atoms with van der Waals surface area (Å²) in [6, 6.07) is 10.4. The maximum Gasteiger partial charge on any atom is 0.416 e. The summed E-state index contributed by atoms with van der Waals surface area (Å²) in [5.41, 5.74) is 2.05. The molecule has 3 heterocycles. The Morgan fingerprint density at radius 2 is 1.89 bits per heavy atom. The van der Waals surface area contributed by atoms with E-state index in [0.717, 1.165) is 12.1 Å². The van der Waals surface area contributed by atoms with Gasteiger partial charge in [-0.15, -0.1) is 0 Å². The molecule has 1 amide bonds. The second kappa shape index (κ2) is 9.69. The predicted molar refractivity (Wildman–Crippen MR) is 130 cm³/mol. The van der Waals surface area contributed by atoms with Gasteiger partial charge in [-0.25, -0.2) is 4.98 Å². The number of piperazine rings is 1. The van der Waals surface area contributed by atoms with Crippen LogP contribution in [0.2, 0.25) is 0 Å². The van der Waals surface area contributed by atoms with E-state index in [1.807, 2.05) is 25.7 Å². The van der Waals surface area contributed by atoms with E-state index in [-0.39, 0.29) is 17.9 Å². The number of benzene rings is 1. The molecule has 2 aromatic heterocycles. The summed E-state index contributed by atoms with van der Waals surface area (Å²) in [7, 11) is 0. The largest absolute Gasteiger partial charge is 0.469 e. The van der Waals surface area contributed by atoms with Crippen LogP contribution in [-0.4, -0.2) is 41.5 Å². The molecule has 1 unspecified atom stereocenters. The average Bonchev–Trinajstić information content (AvgIpc) is 3.28. The molecule has 1 aromatic carbocycles. The lowest BCUT2D eigenvalue weighted by atomic mass is 9.95. The van der Waals surface area contributed by atoms with Crippen molar-refractivity contribution in [2.45, 2.75) is 45.8 Å². The van der Waals surface area contributed by atoms with Crippen molar-refractivity contribution in [2.75, 3.05) is 24.5 Å². The van der Waals surface area contributed by atoms with Crippen LogP contribution >= 0.6 is 0 Å². The van der Waals surface area contributed by atoms with Gasteiger partial charge in [0.05, 0.1) is 28.6 Å². The third-order valence-corrected chi connectivity index (χ3v) is 6.50. The molecule has 0 radical (unpaired) electrons. The first kappa shape index (κ1) is 25.3. The molecule has 0 aliphatic carbocycles. The summed E-state index contributed by atoms with van der Waals surface area (Å²) in [4.78, 5) is 21.6. The van der Waals surface area contributed by atoms with Crippen molar-refractivity contribution in [3.8, 4) is 17.2 Å². The maximum atomic E-state index is 13.0. The van der Waals surface area contributed by atoms with Crippen LogP contribution in [0, 0.1) is 18.3 Å². The molecule has 0 N–H and O–H groups in total. The fourth-order valence-electron chi connectivity index (χ4n) is 4.56. The Hall–Kier alpha value is -3.80. The van der Waals surface area contributed by atoms with E-state index < -0.39 is 11.7 Å². The molecule has 1 aliphatic heterocycles. The molecule has 4 rings (SSSR count). The summed E-state index contributed by atoms with van der Waals surface area (Å²) < 4.78 is 44.4. The number of hydrogen-bond acceptors (Lipinski definition) is 5. The van der Waals surface area contributed by atoms with Crippen molar-refractivity contribution >= 4 is 11.7 Å². The molecular weight excluding hydrogens is 469 g/mol. The highest BCUT2D eigenvalue weighted by Gasteiger charge is 2.32. The van der Waals surface area contributed by atoms with Crippen molar-refractivity contribution in [3.05, 3.63) is 70.8 Å². The van der Waals surface area contributed by atoms with E-state index >= 15 is 0 Å². The van der Waals surface area contributed by atoms with Crippen LogP contribution in [0.1, 0.15) is 59.6 Å². The smallest absolute Gasteiger partial charge is 0.416 e. The van der Waals surface area contributed by atoms with Crippen LogP contribution in [0.3, 0.4) is 0 Å². The van der Waals surface area contributed by atoms with Crippen molar-refractivity contribution in [3.63, 3.8) is 0 Å². The molecule has 0 spiro atoms. The minimum absolute atomic E-state index is 0.0295. The molecule has 0 saturated carbocycles. The number of aromatic nitrogens is 1. The number of anilines is 1. The molecule has 0 bridgehead atoms. The minimum Gasteiger partial charge on any atom is -0.469 e. The SMILES string of the molecule is Cc1occc1C(=O)N1CCN(c2nc(C(C)C)c(-c3ccc(C(F)(F)F)cc3)cc2C#N)CC1C. The molecular formula is C27H27F3N4O2. The molecule has 1 atom stereocenters. The molecule has 3 aromatic rings. The van der Waals surface area contributed by atoms with Crippen LogP contribution in [-0.2, 0) is 6.18 Å². The Bertz CT molecular complexity index is 1310. The number of carbonyl (C=O) groups excluding carboxylic acids is 1. The number of alkyl halides is 3. The van der Waals surface area contributed by atoms with E-state index in [0.29, 0.717) is 59.2 Å². The molecule has 188 valence electrons. The molecule has 36 heavy (non-hydrogen) atoms. The third kappa shape index (κ3) is 4.81. The van der Waals surface area contributed by atoms with Crippen LogP contribution < -0.4 is 4.90 Å². The van der Waals surface area contributed by atoms with Crippen molar-refractivity contribution in [2.24, 2.45) is 0 Å². The number of nitriles is 1. The molecule has 9 heteroatoms. The number of aryl methyl sites for hydroxylation is 1. The van der Waals surface area contributed by atoms with E-state index in [1.165, 1.54) is 18.4 Å². The standard InChI is InChI=1S/C27H27F3N4O2/c1-16(2)24-23(19-5-7-21(8-6-19)27(28,29)30)13-20(14-31)25(32-24)33-10-11-34(17(3)15-33)26(35)22-9-12-36-18(22)4/h5-9,12-13,16-17H,10-11,15H2,1-4H3. The summed E-state index contributed by atoms with van der Waals surface area (Å²) in [6.45, 7) is 9.05. The second-order valence-electron chi connectivity index (χ2n) is 9.32. The summed E-state index contributed by atoms with van der Waals surface area (Å²) in [6.07, 6.45) is -2.92. The van der Waals surface area contributed by atoms with Crippen molar-refractivity contribution < 1.29 is 22.4 Å². The number of halogens is 3. The topological polar surface area (TPSA) is 73.4 Å². The number of rotatable bonds is 4. The third-order valence-electron chi connectivity index (χ3n) is 6.50. The van der Waals surface area contributed by atoms with Gasteiger partial charge in [0, 0.05) is 31.2 Å². The first-order valence-corrected chi connectivity index (χ1v) is 11.7. The number of furan rings is 1. The van der Waals surface area contributed by atoms with Gasteiger partial charge in [-0.3, -0.25) is 4.79 Å². The molecule has 6 nitrogen and oxygen atoms in total. The van der Waals surface area contributed by atoms with Gasteiger partial charge in [-0.05, 0) is 49.6 Å². The highest BCUT2D eigenvalue weighted by Crippen LogP contribution is 2.36. The number of amides is 1. The molecule has 1 aliphatic rings. The van der Waals surface area contributed by atoms with Gasteiger partial charge in [0.1, 0.15) is 17.6 Å². The van der Waals surface area contributed by atoms with E-state index in [2.05, 4.69) is 6.07 Å². The fraction of sp³-hybridized carbons (Fsp3) is 0.370. The lowest BCUT2D eigenvalue weighted by Gasteiger charge is -2.40. The Labute approximate surface area is 208 Å². The normalized spacial score (nSPS) is 16.4. The zero-order valence-electron chi connectivity index (χ0n) is 20.6.